The lowest BCUT2D eigenvalue weighted by Crippen LogP contribution is -2.23. The number of anilines is 1. The first-order valence-electron chi connectivity index (χ1n) is 9.17. The quantitative estimate of drug-likeness (QED) is 0.623. The molecule has 0 aliphatic carbocycles. The van der Waals surface area contributed by atoms with Gasteiger partial charge in [-0.05, 0) is 54.1 Å². The zero-order valence-electron chi connectivity index (χ0n) is 16.5. The molecular weight excluding hydrogens is 390 g/mol. The molecule has 0 heterocycles. The van der Waals surface area contributed by atoms with Gasteiger partial charge in [0.2, 0.25) is 5.91 Å². The molecule has 0 aliphatic rings. The van der Waals surface area contributed by atoms with Crippen LogP contribution in [0.4, 0.5) is 14.5 Å². The summed E-state index contributed by atoms with van der Waals surface area (Å²) >= 11 is 0. The summed E-state index contributed by atoms with van der Waals surface area (Å²) in [5, 5.41) is 2.80. The lowest BCUT2D eigenvalue weighted by molar-refractivity contribution is -0.128. The largest absolute Gasteiger partial charge is 0.454 e. The molecule has 30 heavy (non-hydrogen) atoms. The van der Waals surface area contributed by atoms with E-state index in [0.29, 0.717) is 23.5 Å². The van der Waals surface area contributed by atoms with Crippen molar-refractivity contribution in [2.24, 2.45) is 0 Å². The van der Waals surface area contributed by atoms with Crippen LogP contribution in [-0.4, -0.2) is 23.8 Å². The third kappa shape index (κ3) is 5.41. The van der Waals surface area contributed by atoms with Crippen LogP contribution in [-0.2, 0) is 11.3 Å². The Hall–Kier alpha value is -3.74. The minimum absolute atomic E-state index is 0.0488. The number of halogens is 2. The number of rotatable bonds is 6. The van der Waals surface area contributed by atoms with Gasteiger partial charge in [-0.3, -0.25) is 9.59 Å². The maximum Gasteiger partial charge on any atom is 0.255 e. The monoisotopic (exact) mass is 410 g/mol. The fourth-order valence-electron chi connectivity index (χ4n) is 2.70. The van der Waals surface area contributed by atoms with E-state index < -0.39 is 11.6 Å². The Morgan fingerprint density at radius 3 is 2.40 bits per heavy atom. The van der Waals surface area contributed by atoms with Crippen molar-refractivity contribution >= 4 is 17.5 Å². The first-order valence-corrected chi connectivity index (χ1v) is 9.17. The molecule has 3 aromatic rings. The van der Waals surface area contributed by atoms with E-state index in [1.165, 1.54) is 25.1 Å². The number of ether oxygens (including phenoxy) is 1. The number of nitrogens with zero attached hydrogens (tertiary/aromatic N) is 1. The van der Waals surface area contributed by atoms with E-state index in [-0.39, 0.29) is 17.6 Å². The molecule has 0 aliphatic heterocycles. The van der Waals surface area contributed by atoms with Crippen molar-refractivity contribution in [3.05, 3.63) is 89.5 Å². The predicted molar refractivity (Wildman–Crippen MR) is 109 cm³/mol. The lowest BCUT2D eigenvalue weighted by atomic mass is 10.1. The van der Waals surface area contributed by atoms with E-state index in [0.717, 1.165) is 17.7 Å². The molecule has 3 aromatic carbocycles. The van der Waals surface area contributed by atoms with Crippen molar-refractivity contribution in [3.8, 4) is 11.5 Å². The van der Waals surface area contributed by atoms with E-state index in [9.17, 15) is 18.4 Å². The highest BCUT2D eigenvalue weighted by molar-refractivity contribution is 6.04. The first-order chi connectivity index (χ1) is 14.3. The van der Waals surface area contributed by atoms with E-state index in [4.69, 9.17) is 4.74 Å². The van der Waals surface area contributed by atoms with Crippen LogP contribution in [0.2, 0.25) is 0 Å². The molecule has 0 fully saturated rings. The van der Waals surface area contributed by atoms with Crippen LogP contribution in [0.5, 0.6) is 11.5 Å². The summed E-state index contributed by atoms with van der Waals surface area (Å²) in [6, 6.07) is 16.4. The Morgan fingerprint density at radius 2 is 1.73 bits per heavy atom. The van der Waals surface area contributed by atoms with Gasteiger partial charge in [-0.1, -0.05) is 12.1 Å². The zero-order chi connectivity index (χ0) is 21.7. The van der Waals surface area contributed by atoms with E-state index in [1.807, 2.05) is 6.07 Å². The summed E-state index contributed by atoms with van der Waals surface area (Å²) in [4.78, 5) is 25.5. The molecule has 154 valence electrons. The predicted octanol–water partition coefficient (Wildman–Crippen LogP) is 4.99. The average molecular weight is 410 g/mol. The summed E-state index contributed by atoms with van der Waals surface area (Å²) in [6.07, 6.45) is 0. The van der Waals surface area contributed by atoms with Gasteiger partial charge in [0, 0.05) is 37.8 Å². The fraction of sp³-hybridized carbons (Fsp3) is 0.130. The Morgan fingerprint density at radius 1 is 1.00 bits per heavy atom. The number of carbonyl (C=O) groups is 2. The van der Waals surface area contributed by atoms with E-state index in [1.54, 1.807) is 42.3 Å². The van der Waals surface area contributed by atoms with Gasteiger partial charge in [0.05, 0.1) is 0 Å². The minimum atomic E-state index is -0.813. The van der Waals surface area contributed by atoms with Gasteiger partial charge >= 0.3 is 0 Å². The molecule has 1 N–H and O–H groups in total. The second kappa shape index (κ2) is 9.17. The Kier molecular flexibility index (Phi) is 6.41. The molecule has 3 rings (SSSR count). The number of hydrogen-bond donors (Lipinski definition) is 1. The van der Waals surface area contributed by atoms with Crippen molar-refractivity contribution in [1.29, 1.82) is 0 Å². The molecule has 7 heteroatoms. The van der Waals surface area contributed by atoms with Crippen molar-refractivity contribution in [3.63, 3.8) is 0 Å². The molecule has 0 saturated carbocycles. The van der Waals surface area contributed by atoms with Gasteiger partial charge in [0.15, 0.2) is 11.6 Å². The molecule has 0 spiro atoms. The molecule has 2 amide bonds. The third-order valence-electron chi connectivity index (χ3n) is 4.38. The summed E-state index contributed by atoms with van der Waals surface area (Å²) in [7, 11) is 1.70. The summed E-state index contributed by atoms with van der Waals surface area (Å²) in [5.41, 5.74) is 1.87. The van der Waals surface area contributed by atoms with Crippen LogP contribution < -0.4 is 10.1 Å². The second-order valence-corrected chi connectivity index (χ2v) is 6.73. The number of amides is 2. The van der Waals surface area contributed by atoms with Crippen LogP contribution in [0.15, 0.2) is 66.7 Å². The maximum absolute atomic E-state index is 13.7. The first kappa shape index (κ1) is 21.0. The number of hydrogen-bond acceptors (Lipinski definition) is 3. The summed E-state index contributed by atoms with van der Waals surface area (Å²) < 4.78 is 32.0. The van der Waals surface area contributed by atoms with Crippen molar-refractivity contribution < 1.29 is 23.1 Å². The Labute approximate surface area is 172 Å². The SMILES string of the molecule is CC(=O)N(C)Cc1cccc(NC(=O)c2ccc(Oc3ccc(F)cc3F)cc2)c1. The van der Waals surface area contributed by atoms with E-state index in [2.05, 4.69) is 5.32 Å². The molecular formula is C23H20F2N2O3. The normalized spacial score (nSPS) is 10.4. The number of nitrogens with one attached hydrogen (secondary N) is 1. The van der Waals surface area contributed by atoms with Crippen molar-refractivity contribution in [2.75, 3.05) is 12.4 Å². The average Bonchev–Trinajstić information content (AvgIpc) is 2.71. The highest BCUT2D eigenvalue weighted by Crippen LogP contribution is 2.25. The van der Waals surface area contributed by atoms with Crippen molar-refractivity contribution in [1.82, 2.24) is 4.90 Å². The van der Waals surface area contributed by atoms with Crippen LogP contribution in [0.25, 0.3) is 0 Å². The highest BCUT2D eigenvalue weighted by atomic mass is 19.1. The van der Waals surface area contributed by atoms with Crippen molar-refractivity contribution in [2.45, 2.75) is 13.5 Å². The number of benzene rings is 3. The highest BCUT2D eigenvalue weighted by Gasteiger charge is 2.10. The molecule has 0 unspecified atom stereocenters. The fourth-order valence-corrected chi connectivity index (χ4v) is 2.70. The van der Waals surface area contributed by atoms with E-state index >= 15 is 0 Å². The van der Waals surface area contributed by atoms with Gasteiger partial charge in [-0.15, -0.1) is 0 Å². The molecule has 0 aromatic heterocycles. The molecule has 0 atom stereocenters. The van der Waals surface area contributed by atoms with Gasteiger partial charge in [-0.25, -0.2) is 8.78 Å². The molecule has 5 nitrogen and oxygen atoms in total. The van der Waals surface area contributed by atoms with Gasteiger partial charge in [-0.2, -0.15) is 0 Å². The second-order valence-electron chi connectivity index (χ2n) is 6.73. The topological polar surface area (TPSA) is 58.6 Å². The van der Waals surface area contributed by atoms with Crippen LogP contribution in [0.1, 0.15) is 22.8 Å². The third-order valence-corrected chi connectivity index (χ3v) is 4.38. The standard InChI is InChI=1S/C23H20F2N2O3/c1-15(28)27(2)14-16-4-3-5-19(12-16)26-23(29)17-6-9-20(10-7-17)30-22-11-8-18(24)13-21(22)25/h3-13H,14H2,1-2H3,(H,26,29). The number of carbonyl (C=O) groups excluding carboxylic acids is 2. The van der Waals surface area contributed by atoms with Gasteiger partial charge < -0.3 is 15.0 Å². The van der Waals surface area contributed by atoms with Crippen LogP contribution in [0, 0.1) is 11.6 Å². The van der Waals surface area contributed by atoms with Crippen LogP contribution >= 0.6 is 0 Å². The van der Waals surface area contributed by atoms with Gasteiger partial charge in [0.25, 0.3) is 5.91 Å². The molecule has 0 bridgehead atoms. The Bertz CT molecular complexity index is 1070. The minimum Gasteiger partial charge on any atom is -0.454 e. The smallest absolute Gasteiger partial charge is 0.255 e. The molecule has 0 radical (unpaired) electrons. The Balaban J connectivity index is 1.65. The lowest BCUT2D eigenvalue weighted by Gasteiger charge is -2.15. The molecule has 0 saturated heterocycles. The summed E-state index contributed by atoms with van der Waals surface area (Å²) in [6.45, 7) is 1.93. The zero-order valence-corrected chi connectivity index (χ0v) is 16.5. The van der Waals surface area contributed by atoms with Gasteiger partial charge in [0.1, 0.15) is 11.6 Å². The van der Waals surface area contributed by atoms with Crippen LogP contribution in [0.3, 0.4) is 0 Å². The summed E-state index contributed by atoms with van der Waals surface area (Å²) in [5.74, 6) is -1.68. The maximum atomic E-state index is 13.7.